The summed E-state index contributed by atoms with van der Waals surface area (Å²) in [4.78, 5) is 24.8. The number of primary amides is 1. The van der Waals surface area contributed by atoms with E-state index in [0.717, 1.165) is 11.6 Å². The standard InChI is InChI=1S/C21H14F3N3O3/c22-21(23,24)18-16(9-17(19(26)28)20(29)27-18)14-5-7-15(8-6-14)30-11-13-3-1-12(10-25)2-4-13/h1-9H,11H2,(H2,26,28)(H,27,29). The summed E-state index contributed by atoms with van der Waals surface area (Å²) in [6.45, 7) is 0.198. The van der Waals surface area contributed by atoms with E-state index in [1.807, 2.05) is 6.07 Å². The molecule has 0 bridgehead atoms. The van der Waals surface area contributed by atoms with Gasteiger partial charge in [0.1, 0.15) is 23.6 Å². The number of aromatic nitrogens is 1. The van der Waals surface area contributed by atoms with Crippen LogP contribution in [0.3, 0.4) is 0 Å². The van der Waals surface area contributed by atoms with Crippen LogP contribution in [-0.2, 0) is 12.8 Å². The van der Waals surface area contributed by atoms with E-state index in [-0.39, 0.29) is 17.7 Å². The van der Waals surface area contributed by atoms with Crippen molar-refractivity contribution in [3.8, 4) is 22.9 Å². The number of pyridine rings is 1. The predicted octanol–water partition coefficient (Wildman–Crippen LogP) is 3.61. The highest BCUT2D eigenvalue weighted by molar-refractivity contribution is 5.94. The molecule has 3 rings (SSSR count). The molecule has 0 saturated carbocycles. The Bertz CT molecular complexity index is 1180. The van der Waals surface area contributed by atoms with Crippen molar-refractivity contribution in [2.75, 3.05) is 0 Å². The van der Waals surface area contributed by atoms with E-state index in [2.05, 4.69) is 0 Å². The first-order valence-corrected chi connectivity index (χ1v) is 8.55. The van der Waals surface area contributed by atoms with Crippen molar-refractivity contribution in [3.05, 3.63) is 87.3 Å². The average Bonchev–Trinajstić information content (AvgIpc) is 2.72. The highest BCUT2D eigenvalue weighted by atomic mass is 19.4. The molecule has 3 aromatic rings. The van der Waals surface area contributed by atoms with Crippen molar-refractivity contribution in [3.63, 3.8) is 0 Å². The highest BCUT2D eigenvalue weighted by Crippen LogP contribution is 2.35. The molecule has 1 amide bonds. The molecule has 3 N–H and O–H groups in total. The molecule has 0 radical (unpaired) electrons. The van der Waals surface area contributed by atoms with Crippen molar-refractivity contribution >= 4 is 5.91 Å². The maximum absolute atomic E-state index is 13.4. The molecule has 2 aromatic carbocycles. The van der Waals surface area contributed by atoms with Gasteiger partial charge in [-0.3, -0.25) is 9.59 Å². The van der Waals surface area contributed by atoms with E-state index in [4.69, 9.17) is 15.7 Å². The Balaban J connectivity index is 1.88. The number of carbonyl (C=O) groups excluding carboxylic acids is 1. The summed E-state index contributed by atoms with van der Waals surface area (Å²) in [7, 11) is 0. The molecule has 6 nitrogen and oxygen atoms in total. The topological polar surface area (TPSA) is 109 Å². The minimum atomic E-state index is -4.84. The summed E-state index contributed by atoms with van der Waals surface area (Å²) in [5.74, 6) is -0.732. The van der Waals surface area contributed by atoms with E-state index < -0.39 is 28.9 Å². The second kappa shape index (κ2) is 8.13. The summed E-state index contributed by atoms with van der Waals surface area (Å²) in [6, 6.07) is 15.3. The number of nitriles is 1. The van der Waals surface area contributed by atoms with Crippen LogP contribution in [0.2, 0.25) is 0 Å². The number of aromatic amines is 1. The molecule has 1 aromatic heterocycles. The molecule has 0 aliphatic carbocycles. The van der Waals surface area contributed by atoms with Crippen LogP contribution in [0.4, 0.5) is 13.2 Å². The molecule has 1 heterocycles. The number of hydrogen-bond donors (Lipinski definition) is 2. The lowest BCUT2D eigenvalue weighted by Gasteiger charge is -2.14. The minimum absolute atomic E-state index is 0.117. The van der Waals surface area contributed by atoms with Gasteiger partial charge in [-0.2, -0.15) is 18.4 Å². The van der Waals surface area contributed by atoms with E-state index in [1.165, 1.54) is 24.3 Å². The molecule has 0 atom stereocenters. The fourth-order valence-corrected chi connectivity index (χ4v) is 2.74. The molecule has 0 spiro atoms. The normalized spacial score (nSPS) is 11.0. The Hall–Kier alpha value is -4.06. The van der Waals surface area contributed by atoms with Gasteiger partial charge in [0.25, 0.3) is 11.5 Å². The van der Waals surface area contributed by atoms with Crippen molar-refractivity contribution in [1.29, 1.82) is 5.26 Å². The van der Waals surface area contributed by atoms with Gasteiger partial charge >= 0.3 is 6.18 Å². The molecule has 9 heteroatoms. The number of amides is 1. The van der Waals surface area contributed by atoms with Crippen LogP contribution in [0.1, 0.15) is 27.2 Å². The Labute approximate surface area is 168 Å². The number of rotatable bonds is 5. The second-order valence-corrected chi connectivity index (χ2v) is 6.28. The molecular weight excluding hydrogens is 399 g/mol. The Morgan fingerprint density at radius 3 is 2.27 bits per heavy atom. The number of nitrogens with one attached hydrogen (secondary N) is 1. The van der Waals surface area contributed by atoms with Crippen LogP contribution in [-0.4, -0.2) is 10.9 Å². The number of H-pyrrole nitrogens is 1. The third-order valence-corrected chi connectivity index (χ3v) is 4.24. The quantitative estimate of drug-likeness (QED) is 0.666. The third-order valence-electron chi connectivity index (χ3n) is 4.24. The first kappa shape index (κ1) is 20.7. The van der Waals surface area contributed by atoms with E-state index in [9.17, 15) is 22.8 Å². The van der Waals surface area contributed by atoms with Gasteiger partial charge in [-0.05, 0) is 41.5 Å². The van der Waals surface area contributed by atoms with Gasteiger partial charge in [-0.15, -0.1) is 0 Å². The van der Waals surface area contributed by atoms with Crippen LogP contribution in [0.25, 0.3) is 11.1 Å². The van der Waals surface area contributed by atoms with Gasteiger partial charge < -0.3 is 15.5 Å². The van der Waals surface area contributed by atoms with Gasteiger partial charge in [0.2, 0.25) is 0 Å². The molecule has 0 aliphatic heterocycles. The van der Waals surface area contributed by atoms with E-state index in [1.54, 1.807) is 29.2 Å². The summed E-state index contributed by atoms with van der Waals surface area (Å²) in [5.41, 5.74) is 3.09. The van der Waals surface area contributed by atoms with Gasteiger partial charge in [-0.1, -0.05) is 24.3 Å². The number of alkyl halides is 3. The first-order valence-electron chi connectivity index (χ1n) is 8.55. The van der Waals surface area contributed by atoms with Gasteiger partial charge in [0.05, 0.1) is 11.6 Å². The van der Waals surface area contributed by atoms with Crippen LogP contribution < -0.4 is 16.0 Å². The van der Waals surface area contributed by atoms with Crippen molar-refractivity contribution < 1.29 is 22.7 Å². The molecule has 152 valence electrons. The fraction of sp³-hybridized carbons (Fsp3) is 0.0952. The average molecular weight is 413 g/mol. The lowest BCUT2D eigenvalue weighted by Crippen LogP contribution is -2.27. The van der Waals surface area contributed by atoms with Crippen molar-refractivity contribution in [1.82, 2.24) is 4.98 Å². The summed E-state index contributed by atoms with van der Waals surface area (Å²) in [6.07, 6.45) is -4.84. The predicted molar refractivity (Wildman–Crippen MR) is 102 cm³/mol. The Morgan fingerprint density at radius 1 is 1.10 bits per heavy atom. The Morgan fingerprint density at radius 2 is 1.73 bits per heavy atom. The van der Waals surface area contributed by atoms with Crippen LogP contribution in [0.5, 0.6) is 5.75 Å². The third kappa shape index (κ3) is 4.50. The summed E-state index contributed by atoms with van der Waals surface area (Å²) in [5, 5.41) is 8.79. The van der Waals surface area contributed by atoms with Crippen LogP contribution in [0.15, 0.2) is 59.4 Å². The van der Waals surface area contributed by atoms with Gasteiger partial charge in [0.15, 0.2) is 0 Å². The van der Waals surface area contributed by atoms with E-state index >= 15 is 0 Å². The number of hydrogen-bond acceptors (Lipinski definition) is 4. The molecular formula is C21H14F3N3O3. The fourth-order valence-electron chi connectivity index (χ4n) is 2.74. The smallest absolute Gasteiger partial charge is 0.431 e. The lowest BCUT2D eigenvalue weighted by molar-refractivity contribution is -0.140. The molecule has 0 fully saturated rings. The zero-order valence-electron chi connectivity index (χ0n) is 15.3. The monoisotopic (exact) mass is 413 g/mol. The maximum Gasteiger partial charge on any atom is 0.431 e. The van der Waals surface area contributed by atoms with Crippen LogP contribution >= 0.6 is 0 Å². The van der Waals surface area contributed by atoms with Crippen LogP contribution in [0, 0.1) is 11.3 Å². The largest absolute Gasteiger partial charge is 0.489 e. The maximum atomic E-state index is 13.4. The molecule has 30 heavy (non-hydrogen) atoms. The molecule has 0 unspecified atom stereocenters. The van der Waals surface area contributed by atoms with Gasteiger partial charge in [-0.25, -0.2) is 0 Å². The zero-order valence-corrected chi connectivity index (χ0v) is 15.3. The Kier molecular flexibility index (Phi) is 5.60. The molecule has 0 saturated heterocycles. The summed E-state index contributed by atoms with van der Waals surface area (Å²) < 4.78 is 45.7. The number of carbonyl (C=O) groups is 1. The zero-order chi connectivity index (χ0) is 21.9. The summed E-state index contributed by atoms with van der Waals surface area (Å²) >= 11 is 0. The van der Waals surface area contributed by atoms with E-state index in [0.29, 0.717) is 11.3 Å². The number of benzene rings is 2. The number of nitrogens with zero attached hydrogens (tertiary/aromatic N) is 1. The number of nitrogens with two attached hydrogens (primary N) is 1. The number of halogens is 3. The number of ether oxygens (including phenoxy) is 1. The van der Waals surface area contributed by atoms with Gasteiger partial charge in [0, 0.05) is 5.56 Å². The second-order valence-electron chi connectivity index (χ2n) is 6.28. The first-order chi connectivity index (χ1) is 14.2. The van der Waals surface area contributed by atoms with Crippen molar-refractivity contribution in [2.24, 2.45) is 5.73 Å². The lowest BCUT2D eigenvalue weighted by atomic mass is 10.0. The minimum Gasteiger partial charge on any atom is -0.489 e. The molecule has 0 aliphatic rings. The highest BCUT2D eigenvalue weighted by Gasteiger charge is 2.36. The SMILES string of the molecule is N#Cc1ccc(COc2ccc(-c3cc(C(N)=O)c(=O)[nH]c3C(F)(F)F)cc2)cc1. The van der Waals surface area contributed by atoms with Crippen molar-refractivity contribution in [2.45, 2.75) is 12.8 Å².